The average Bonchev–Trinajstić information content (AvgIpc) is 2.29. The molecule has 0 bridgehead atoms. The fourth-order valence-corrected chi connectivity index (χ4v) is 2.02. The summed E-state index contributed by atoms with van der Waals surface area (Å²) in [6.45, 7) is 8.72. The zero-order valence-electron chi connectivity index (χ0n) is 11.0. The molecule has 1 fully saturated rings. The van der Waals surface area contributed by atoms with Crippen LogP contribution in [0.15, 0.2) is 0 Å². The summed E-state index contributed by atoms with van der Waals surface area (Å²) in [5.41, 5.74) is 0. The molecule has 1 N–H and O–H groups in total. The second-order valence-electron chi connectivity index (χ2n) is 5.25. The van der Waals surface area contributed by atoms with Gasteiger partial charge in [-0.05, 0) is 38.3 Å². The summed E-state index contributed by atoms with van der Waals surface area (Å²) in [6.07, 6.45) is 2.67. The van der Waals surface area contributed by atoms with E-state index in [1.54, 1.807) is 0 Å². The van der Waals surface area contributed by atoms with Gasteiger partial charge in [-0.3, -0.25) is 4.79 Å². The molecule has 0 aliphatic carbocycles. The van der Waals surface area contributed by atoms with E-state index in [9.17, 15) is 4.79 Å². The van der Waals surface area contributed by atoms with Crippen LogP contribution >= 0.6 is 0 Å². The van der Waals surface area contributed by atoms with Gasteiger partial charge in [-0.1, -0.05) is 13.8 Å². The normalized spacial score (nSPS) is 18.8. The lowest BCUT2D eigenvalue weighted by molar-refractivity contribution is -0.143. The summed E-state index contributed by atoms with van der Waals surface area (Å²) in [6, 6.07) is 0. The third-order valence-electron chi connectivity index (χ3n) is 3.33. The molecule has 0 unspecified atom stereocenters. The van der Waals surface area contributed by atoms with Crippen LogP contribution in [-0.4, -0.2) is 48.8 Å². The maximum absolute atomic E-state index is 10.8. The molecule has 100 valence electrons. The van der Waals surface area contributed by atoms with Gasteiger partial charge in [-0.25, -0.2) is 0 Å². The second-order valence-corrected chi connectivity index (χ2v) is 5.25. The van der Waals surface area contributed by atoms with Gasteiger partial charge in [0.1, 0.15) is 0 Å². The lowest BCUT2D eigenvalue weighted by Gasteiger charge is -2.29. The van der Waals surface area contributed by atoms with Crippen LogP contribution in [0, 0.1) is 11.8 Å². The molecular formula is C13H25NO3. The third kappa shape index (κ3) is 6.03. The highest BCUT2D eigenvalue weighted by atomic mass is 16.5. The van der Waals surface area contributed by atoms with Gasteiger partial charge in [0.2, 0.25) is 0 Å². The van der Waals surface area contributed by atoms with Crippen molar-refractivity contribution in [1.82, 2.24) is 4.90 Å². The lowest BCUT2D eigenvalue weighted by atomic mass is 9.97. The Balaban J connectivity index is 2.01. The van der Waals surface area contributed by atoms with Crippen molar-refractivity contribution >= 4 is 5.97 Å². The highest BCUT2D eigenvalue weighted by Gasteiger charge is 2.23. The van der Waals surface area contributed by atoms with E-state index in [2.05, 4.69) is 18.7 Å². The van der Waals surface area contributed by atoms with Crippen molar-refractivity contribution < 1.29 is 14.6 Å². The molecule has 0 amide bonds. The predicted molar refractivity (Wildman–Crippen MR) is 67.1 cm³/mol. The zero-order valence-corrected chi connectivity index (χ0v) is 11.0. The Labute approximate surface area is 104 Å². The quantitative estimate of drug-likeness (QED) is 0.693. The molecule has 0 aromatic rings. The molecule has 0 aromatic carbocycles. The lowest BCUT2D eigenvalue weighted by Crippen LogP contribution is -2.38. The van der Waals surface area contributed by atoms with Crippen LogP contribution in [0.3, 0.4) is 0 Å². The van der Waals surface area contributed by atoms with E-state index in [0.29, 0.717) is 5.92 Å². The molecule has 1 rings (SSSR count). The van der Waals surface area contributed by atoms with E-state index in [1.807, 2.05) is 0 Å². The average molecular weight is 243 g/mol. The molecule has 0 aromatic heterocycles. The molecule has 1 aliphatic heterocycles. The van der Waals surface area contributed by atoms with E-state index in [1.165, 1.54) is 0 Å². The van der Waals surface area contributed by atoms with E-state index in [-0.39, 0.29) is 5.92 Å². The van der Waals surface area contributed by atoms with Crippen molar-refractivity contribution in [2.24, 2.45) is 11.8 Å². The fraction of sp³-hybridized carbons (Fsp3) is 0.923. The number of nitrogens with zero attached hydrogens (tertiary/aromatic N) is 1. The van der Waals surface area contributed by atoms with Crippen molar-refractivity contribution in [2.45, 2.75) is 33.1 Å². The van der Waals surface area contributed by atoms with E-state index >= 15 is 0 Å². The summed E-state index contributed by atoms with van der Waals surface area (Å²) in [4.78, 5) is 13.1. The summed E-state index contributed by atoms with van der Waals surface area (Å²) in [7, 11) is 0. The summed E-state index contributed by atoms with van der Waals surface area (Å²) in [5.74, 6) is -0.0766. The van der Waals surface area contributed by atoms with Crippen molar-refractivity contribution in [3.8, 4) is 0 Å². The van der Waals surface area contributed by atoms with Gasteiger partial charge in [0.15, 0.2) is 0 Å². The Morgan fingerprint density at radius 3 is 2.53 bits per heavy atom. The molecule has 0 spiro atoms. The van der Waals surface area contributed by atoms with E-state index in [4.69, 9.17) is 9.84 Å². The number of carboxylic acid groups (broad SMARTS) is 1. The Morgan fingerprint density at radius 1 is 1.35 bits per heavy atom. The number of carbonyl (C=O) groups is 1. The molecule has 1 saturated heterocycles. The van der Waals surface area contributed by atoms with Crippen LogP contribution in [-0.2, 0) is 9.53 Å². The monoisotopic (exact) mass is 243 g/mol. The van der Waals surface area contributed by atoms with Crippen molar-refractivity contribution in [1.29, 1.82) is 0 Å². The molecule has 0 saturated carbocycles. The maximum Gasteiger partial charge on any atom is 0.306 e. The largest absolute Gasteiger partial charge is 0.481 e. The molecule has 1 aliphatic rings. The minimum Gasteiger partial charge on any atom is -0.481 e. The topological polar surface area (TPSA) is 49.8 Å². The number of carboxylic acids is 1. The van der Waals surface area contributed by atoms with Crippen molar-refractivity contribution in [3.05, 3.63) is 0 Å². The molecule has 0 radical (unpaired) electrons. The van der Waals surface area contributed by atoms with Gasteiger partial charge < -0.3 is 14.7 Å². The third-order valence-corrected chi connectivity index (χ3v) is 3.33. The molecule has 0 atom stereocenters. The number of rotatable bonds is 7. The van der Waals surface area contributed by atoms with Crippen molar-refractivity contribution in [3.63, 3.8) is 0 Å². The first kappa shape index (κ1) is 14.5. The second kappa shape index (κ2) is 7.67. The van der Waals surface area contributed by atoms with Crippen LogP contribution in [0.25, 0.3) is 0 Å². The van der Waals surface area contributed by atoms with Crippen LogP contribution in [0.5, 0.6) is 0 Å². The predicted octanol–water partition coefficient (Wildman–Crippen LogP) is 1.85. The Kier molecular flexibility index (Phi) is 6.52. The van der Waals surface area contributed by atoms with Gasteiger partial charge in [0, 0.05) is 13.2 Å². The molecule has 4 heteroatoms. The van der Waals surface area contributed by atoms with Crippen LogP contribution in [0.1, 0.15) is 33.1 Å². The standard InChI is InChI=1S/C13H25NO3/c1-11(2)5-9-17-10-8-14-6-3-12(4-7-14)13(15)16/h11-12H,3-10H2,1-2H3,(H,15,16). The van der Waals surface area contributed by atoms with E-state index < -0.39 is 5.97 Å². The Morgan fingerprint density at radius 2 is 2.00 bits per heavy atom. The molecule has 1 heterocycles. The van der Waals surface area contributed by atoms with Crippen molar-refractivity contribution in [2.75, 3.05) is 32.8 Å². The first-order valence-electron chi connectivity index (χ1n) is 6.62. The zero-order chi connectivity index (χ0) is 12.7. The smallest absolute Gasteiger partial charge is 0.306 e. The number of piperidine rings is 1. The van der Waals surface area contributed by atoms with Gasteiger partial charge in [0.25, 0.3) is 0 Å². The first-order chi connectivity index (χ1) is 8.09. The number of aliphatic carboxylic acids is 1. The molecule has 4 nitrogen and oxygen atoms in total. The maximum atomic E-state index is 10.8. The van der Waals surface area contributed by atoms with Gasteiger partial charge in [-0.15, -0.1) is 0 Å². The number of ether oxygens (including phenoxy) is 1. The summed E-state index contributed by atoms with van der Waals surface area (Å²) < 4.78 is 5.56. The van der Waals surface area contributed by atoms with Gasteiger partial charge >= 0.3 is 5.97 Å². The SMILES string of the molecule is CC(C)CCOCCN1CCC(C(=O)O)CC1. The Bertz CT molecular complexity index is 223. The minimum atomic E-state index is -0.641. The molecule has 17 heavy (non-hydrogen) atoms. The van der Waals surface area contributed by atoms with Crippen LogP contribution in [0.4, 0.5) is 0 Å². The molecular weight excluding hydrogens is 218 g/mol. The van der Waals surface area contributed by atoms with Crippen LogP contribution in [0.2, 0.25) is 0 Å². The highest BCUT2D eigenvalue weighted by molar-refractivity contribution is 5.70. The van der Waals surface area contributed by atoms with E-state index in [0.717, 1.165) is 52.1 Å². The fourth-order valence-electron chi connectivity index (χ4n) is 2.02. The first-order valence-corrected chi connectivity index (χ1v) is 6.62. The van der Waals surface area contributed by atoms with Gasteiger partial charge in [-0.2, -0.15) is 0 Å². The summed E-state index contributed by atoms with van der Waals surface area (Å²) in [5, 5.41) is 8.88. The number of hydrogen-bond donors (Lipinski definition) is 1. The summed E-state index contributed by atoms with van der Waals surface area (Å²) >= 11 is 0. The van der Waals surface area contributed by atoms with Crippen LogP contribution < -0.4 is 0 Å². The minimum absolute atomic E-state index is 0.131. The Hall–Kier alpha value is -0.610. The highest BCUT2D eigenvalue weighted by Crippen LogP contribution is 2.16. The van der Waals surface area contributed by atoms with Gasteiger partial charge in [0.05, 0.1) is 12.5 Å². The number of hydrogen-bond acceptors (Lipinski definition) is 3. The number of likely N-dealkylation sites (tertiary alicyclic amines) is 1.